The Morgan fingerprint density at radius 2 is 1.88 bits per heavy atom. The van der Waals surface area contributed by atoms with Crippen LogP contribution in [0, 0.1) is 0 Å². The predicted molar refractivity (Wildman–Crippen MR) is 106 cm³/mol. The molecule has 0 bridgehead atoms. The zero-order valence-electron chi connectivity index (χ0n) is 14.0. The monoisotopic (exact) mass is 397 g/mol. The first-order valence-corrected chi connectivity index (χ1v) is 9.27. The molecule has 0 saturated heterocycles. The molecule has 0 spiro atoms. The molecule has 0 aromatic heterocycles. The molecule has 1 aliphatic heterocycles. The highest BCUT2D eigenvalue weighted by Gasteiger charge is 2.26. The minimum absolute atomic E-state index is 0. The van der Waals surface area contributed by atoms with Crippen LogP contribution in [0.3, 0.4) is 0 Å². The summed E-state index contributed by atoms with van der Waals surface area (Å²) in [7, 11) is 1.43. The van der Waals surface area contributed by atoms with Crippen molar-refractivity contribution in [2.24, 2.45) is 0 Å². The Labute approximate surface area is 163 Å². The van der Waals surface area contributed by atoms with Crippen LogP contribution < -0.4 is 5.32 Å². The fraction of sp³-hybridized carbons (Fsp3) is 0.316. The summed E-state index contributed by atoms with van der Waals surface area (Å²) in [5, 5.41) is 3.70. The van der Waals surface area contributed by atoms with E-state index in [0.717, 1.165) is 36.4 Å². The Hall–Kier alpha value is -1.20. The molecule has 0 aliphatic carbocycles. The van der Waals surface area contributed by atoms with Gasteiger partial charge in [-0.3, -0.25) is 4.79 Å². The summed E-state index contributed by atoms with van der Waals surface area (Å²) in [5.41, 5.74) is 3.49. The number of rotatable bonds is 4. The lowest BCUT2D eigenvalue weighted by Gasteiger charge is -2.19. The number of methoxy groups -OCH3 is 1. The third kappa shape index (κ3) is 4.70. The Balaban J connectivity index is 0.00000225. The minimum atomic E-state index is -0.420. The second-order valence-electron chi connectivity index (χ2n) is 5.70. The number of hydrogen-bond acceptors (Lipinski definition) is 4. The van der Waals surface area contributed by atoms with Crippen molar-refractivity contribution in [3.63, 3.8) is 0 Å². The van der Waals surface area contributed by atoms with E-state index >= 15 is 0 Å². The van der Waals surface area contributed by atoms with Crippen LogP contribution >= 0.6 is 35.8 Å². The van der Waals surface area contributed by atoms with Crippen LogP contribution in [-0.4, -0.2) is 26.2 Å². The Morgan fingerprint density at radius 1 is 1.16 bits per heavy atom. The third-order valence-electron chi connectivity index (χ3n) is 4.19. The first kappa shape index (κ1) is 20.1. The van der Waals surface area contributed by atoms with Gasteiger partial charge in [0.2, 0.25) is 0 Å². The van der Waals surface area contributed by atoms with Gasteiger partial charge in [0.1, 0.15) is 5.25 Å². The van der Waals surface area contributed by atoms with E-state index in [4.69, 9.17) is 16.3 Å². The van der Waals surface area contributed by atoms with Crippen molar-refractivity contribution < 1.29 is 9.53 Å². The van der Waals surface area contributed by atoms with E-state index in [1.807, 2.05) is 36.4 Å². The third-order valence-corrected chi connectivity index (χ3v) is 6.02. The van der Waals surface area contributed by atoms with Gasteiger partial charge < -0.3 is 10.1 Å². The molecule has 0 amide bonds. The molecule has 1 aliphatic rings. The Kier molecular flexibility index (Phi) is 7.63. The molecule has 134 valence electrons. The van der Waals surface area contributed by atoms with Crippen molar-refractivity contribution in [2.45, 2.75) is 23.0 Å². The number of carbonyl (C=O) groups is 1. The topological polar surface area (TPSA) is 38.3 Å². The van der Waals surface area contributed by atoms with E-state index in [-0.39, 0.29) is 18.4 Å². The van der Waals surface area contributed by atoms with Crippen molar-refractivity contribution in [3.8, 4) is 0 Å². The normalized spacial score (nSPS) is 14.6. The van der Waals surface area contributed by atoms with Crippen LogP contribution in [0.15, 0.2) is 47.4 Å². The van der Waals surface area contributed by atoms with E-state index < -0.39 is 5.25 Å². The molecular weight excluding hydrogens is 377 g/mol. The molecule has 2 aromatic rings. The molecule has 3 rings (SSSR count). The lowest BCUT2D eigenvalue weighted by molar-refractivity contribution is -0.140. The van der Waals surface area contributed by atoms with Crippen LogP contribution in [0.1, 0.15) is 21.9 Å². The van der Waals surface area contributed by atoms with Crippen molar-refractivity contribution in [3.05, 3.63) is 64.2 Å². The fourth-order valence-electron chi connectivity index (χ4n) is 2.94. The molecule has 0 radical (unpaired) electrons. The fourth-order valence-corrected chi connectivity index (χ4v) is 4.53. The molecule has 0 saturated carbocycles. The van der Waals surface area contributed by atoms with E-state index in [2.05, 4.69) is 11.4 Å². The number of halogens is 2. The summed E-state index contributed by atoms with van der Waals surface area (Å²) in [6.45, 7) is 1.90. The highest BCUT2D eigenvalue weighted by molar-refractivity contribution is 8.00. The van der Waals surface area contributed by atoms with E-state index in [1.165, 1.54) is 30.0 Å². The Bertz CT molecular complexity index is 725. The first-order chi connectivity index (χ1) is 11.7. The van der Waals surface area contributed by atoms with E-state index in [0.29, 0.717) is 5.02 Å². The number of benzene rings is 2. The van der Waals surface area contributed by atoms with Crippen molar-refractivity contribution >= 4 is 41.7 Å². The quantitative estimate of drug-likeness (QED) is 0.610. The second kappa shape index (κ2) is 9.48. The first-order valence-electron chi connectivity index (χ1n) is 8.01. The highest BCUT2D eigenvalue weighted by Crippen LogP contribution is 2.43. The number of esters is 1. The summed E-state index contributed by atoms with van der Waals surface area (Å²) in [4.78, 5) is 13.4. The maximum absolute atomic E-state index is 12.4. The molecule has 1 N–H and O–H groups in total. The minimum Gasteiger partial charge on any atom is -0.468 e. The van der Waals surface area contributed by atoms with Crippen LogP contribution in [0.5, 0.6) is 0 Å². The number of thioether (sulfide) groups is 1. The summed E-state index contributed by atoms with van der Waals surface area (Å²) >= 11 is 7.99. The largest absolute Gasteiger partial charge is 0.468 e. The number of fused-ring (bicyclic) bond motifs is 1. The molecular formula is C19H21Cl2NO2S. The van der Waals surface area contributed by atoms with Crippen molar-refractivity contribution in [1.29, 1.82) is 0 Å². The van der Waals surface area contributed by atoms with Crippen molar-refractivity contribution in [2.75, 3.05) is 20.2 Å². The summed E-state index contributed by atoms with van der Waals surface area (Å²) in [5.74, 6) is -0.258. The van der Waals surface area contributed by atoms with E-state index in [1.54, 1.807) is 0 Å². The smallest absolute Gasteiger partial charge is 0.323 e. The predicted octanol–water partition coefficient (Wildman–Crippen LogP) is 4.46. The molecule has 0 fully saturated rings. The second-order valence-corrected chi connectivity index (χ2v) is 7.22. The number of hydrogen-bond donors (Lipinski definition) is 1. The van der Waals surface area contributed by atoms with Gasteiger partial charge in [-0.2, -0.15) is 0 Å². The van der Waals surface area contributed by atoms with Gasteiger partial charge in [0.15, 0.2) is 0 Å². The maximum Gasteiger partial charge on any atom is 0.323 e. The average Bonchev–Trinajstić information content (AvgIpc) is 2.87. The van der Waals surface area contributed by atoms with Crippen LogP contribution in [0.4, 0.5) is 0 Å². The van der Waals surface area contributed by atoms with Gasteiger partial charge in [-0.25, -0.2) is 0 Å². The molecule has 25 heavy (non-hydrogen) atoms. The van der Waals surface area contributed by atoms with Gasteiger partial charge in [0.05, 0.1) is 12.1 Å². The van der Waals surface area contributed by atoms with Gasteiger partial charge >= 0.3 is 5.97 Å². The van der Waals surface area contributed by atoms with Crippen LogP contribution in [0.2, 0.25) is 5.02 Å². The van der Waals surface area contributed by atoms with Gasteiger partial charge in [-0.1, -0.05) is 48.0 Å². The zero-order chi connectivity index (χ0) is 16.9. The highest BCUT2D eigenvalue weighted by atomic mass is 35.5. The van der Waals surface area contributed by atoms with Gasteiger partial charge in [0.25, 0.3) is 0 Å². The van der Waals surface area contributed by atoms with Gasteiger partial charge in [-0.15, -0.1) is 24.2 Å². The van der Waals surface area contributed by atoms with Crippen LogP contribution in [0.25, 0.3) is 0 Å². The SMILES string of the molecule is COC(=O)C(Sc1c(Cl)ccc2c1CCNCC2)c1ccccc1.Cl. The summed E-state index contributed by atoms with van der Waals surface area (Å²) in [6.07, 6.45) is 1.90. The van der Waals surface area contributed by atoms with Crippen LogP contribution in [-0.2, 0) is 22.4 Å². The molecule has 6 heteroatoms. The number of nitrogens with one attached hydrogen (secondary N) is 1. The van der Waals surface area contributed by atoms with E-state index in [9.17, 15) is 4.79 Å². The zero-order valence-corrected chi connectivity index (χ0v) is 16.3. The lowest BCUT2D eigenvalue weighted by Crippen LogP contribution is -2.16. The van der Waals surface area contributed by atoms with Crippen molar-refractivity contribution in [1.82, 2.24) is 5.32 Å². The molecule has 1 heterocycles. The molecule has 3 nitrogen and oxygen atoms in total. The number of carbonyl (C=O) groups excluding carboxylic acids is 1. The summed E-state index contributed by atoms with van der Waals surface area (Å²) < 4.78 is 5.03. The summed E-state index contributed by atoms with van der Waals surface area (Å²) in [6, 6.07) is 13.7. The molecule has 1 atom stereocenters. The maximum atomic E-state index is 12.4. The Morgan fingerprint density at radius 3 is 2.60 bits per heavy atom. The molecule has 2 aromatic carbocycles. The standard InChI is InChI=1S/C19H20ClNO2S.ClH/c1-23-19(22)17(14-5-3-2-4-6-14)24-18-15-10-12-21-11-9-13(15)7-8-16(18)20;/h2-8,17,21H,9-12H2,1H3;1H. The number of ether oxygens (including phenoxy) is 1. The van der Waals surface area contributed by atoms with Gasteiger partial charge in [-0.05, 0) is 48.7 Å². The molecule has 1 unspecified atom stereocenters. The average molecular weight is 398 g/mol. The van der Waals surface area contributed by atoms with Gasteiger partial charge in [0, 0.05) is 4.90 Å². The lowest BCUT2D eigenvalue weighted by atomic mass is 10.0.